The van der Waals surface area contributed by atoms with E-state index in [1.54, 1.807) is 92.0 Å². The molecule has 3 amide bonds. The Morgan fingerprint density at radius 2 is 1.00 bits per heavy atom. The van der Waals surface area contributed by atoms with Gasteiger partial charge in [0, 0.05) is 38.8 Å². The Bertz CT molecular complexity index is 2580. The molecule has 0 fully saturated rings. The molecule has 0 saturated heterocycles. The van der Waals surface area contributed by atoms with Crippen LogP contribution in [-0.4, -0.2) is 51.9 Å². The van der Waals surface area contributed by atoms with Gasteiger partial charge in [0.1, 0.15) is 11.2 Å². The van der Waals surface area contributed by atoms with Crippen molar-refractivity contribution in [2.24, 2.45) is 5.73 Å². The van der Waals surface area contributed by atoms with Crippen LogP contribution in [0.1, 0.15) is 91.9 Å². The summed E-state index contributed by atoms with van der Waals surface area (Å²) >= 11 is 3.16. The van der Waals surface area contributed by atoms with Crippen LogP contribution in [0.5, 0.6) is 0 Å². The van der Waals surface area contributed by atoms with Gasteiger partial charge in [0.25, 0.3) is 0 Å². The molecule has 2 aromatic heterocycles. The molecular formula is C53H59ClN4O9S2. The predicted octanol–water partition coefficient (Wildman–Crippen LogP) is 11.9. The third-order valence-electron chi connectivity index (χ3n) is 9.02. The predicted molar refractivity (Wildman–Crippen MR) is 281 cm³/mol. The molecule has 13 nitrogen and oxygen atoms in total. The monoisotopic (exact) mass is 994 g/mol. The Morgan fingerprint density at radius 3 is 1.36 bits per heavy atom. The van der Waals surface area contributed by atoms with Crippen LogP contribution in [-0.2, 0) is 41.5 Å². The Balaban J connectivity index is 0.000000454. The molecule has 0 saturated carbocycles. The molecular weight excluding hydrogens is 936 g/mol. The number of ether oxygens (including phenoxy) is 2. The molecule has 0 atom stereocenters. The highest BCUT2D eigenvalue weighted by Gasteiger charge is 2.20. The third-order valence-corrected chi connectivity index (χ3v) is 10.9. The molecule has 364 valence electrons. The summed E-state index contributed by atoms with van der Waals surface area (Å²) in [4.78, 5) is 74.7. The summed E-state index contributed by atoms with van der Waals surface area (Å²) in [5.74, 6) is -3.10. The molecule has 4 aromatic carbocycles. The van der Waals surface area contributed by atoms with Crippen molar-refractivity contribution in [1.82, 2.24) is 6.15 Å². The van der Waals surface area contributed by atoms with E-state index >= 15 is 0 Å². The van der Waals surface area contributed by atoms with Gasteiger partial charge in [-0.15, -0.1) is 35.1 Å². The van der Waals surface area contributed by atoms with Gasteiger partial charge < -0.3 is 37.1 Å². The highest BCUT2D eigenvalue weighted by molar-refractivity contribution is 7.13. The maximum absolute atomic E-state index is 12.7. The number of nitrogens with one attached hydrogen (secondary N) is 2. The molecule has 0 spiro atoms. The van der Waals surface area contributed by atoms with E-state index < -0.39 is 29.0 Å². The Hall–Kier alpha value is -7.17. The first-order valence-electron chi connectivity index (χ1n) is 20.7. The van der Waals surface area contributed by atoms with E-state index in [0.717, 1.165) is 20.9 Å². The molecule has 69 heavy (non-hydrogen) atoms. The van der Waals surface area contributed by atoms with E-state index in [2.05, 4.69) is 10.6 Å². The van der Waals surface area contributed by atoms with E-state index in [4.69, 9.17) is 20.3 Å². The summed E-state index contributed by atoms with van der Waals surface area (Å²) in [7, 11) is 0. The number of carbonyl (C=O) groups excluding carboxylic acids is 5. The molecule has 0 aliphatic carbocycles. The molecule has 6 aromatic rings. The highest BCUT2D eigenvalue weighted by Crippen LogP contribution is 2.31. The van der Waals surface area contributed by atoms with Crippen LogP contribution in [0.3, 0.4) is 0 Å². The van der Waals surface area contributed by atoms with Crippen LogP contribution in [0.25, 0.3) is 33.0 Å². The summed E-state index contributed by atoms with van der Waals surface area (Å²) in [6.07, 6.45) is 5.88. The second kappa shape index (κ2) is 26.4. The third kappa shape index (κ3) is 19.2. The minimum atomic E-state index is -1.04. The van der Waals surface area contributed by atoms with Gasteiger partial charge in [0.05, 0.1) is 18.4 Å². The zero-order valence-corrected chi connectivity index (χ0v) is 40.9. The maximum atomic E-state index is 12.7. The fourth-order valence-electron chi connectivity index (χ4n) is 6.22. The van der Waals surface area contributed by atoms with Crippen molar-refractivity contribution in [3.05, 3.63) is 165 Å². The molecule has 6 rings (SSSR count). The van der Waals surface area contributed by atoms with E-state index in [1.165, 1.54) is 24.3 Å². The lowest BCUT2D eigenvalue weighted by molar-refractivity contribution is -0.155. The minimum absolute atomic E-state index is 0. The zero-order valence-electron chi connectivity index (χ0n) is 38.5. The second-order valence-corrected chi connectivity index (χ2v) is 18.7. The first-order chi connectivity index (χ1) is 31.2. The molecule has 8 N–H and O–H groups in total. The Labute approximate surface area is 417 Å². The highest BCUT2D eigenvalue weighted by atomic mass is 35.5. The van der Waals surface area contributed by atoms with Crippen molar-refractivity contribution in [2.75, 3.05) is 10.6 Å². The summed E-state index contributed by atoms with van der Waals surface area (Å²) in [6.45, 7) is 10.8. The lowest BCUT2D eigenvalue weighted by Crippen LogP contribution is -2.25. The Morgan fingerprint density at radius 1 is 0.594 bits per heavy atom. The van der Waals surface area contributed by atoms with Crippen molar-refractivity contribution in [2.45, 2.75) is 73.0 Å². The quantitative estimate of drug-likeness (QED) is 0.0512. The largest absolute Gasteiger partial charge is 0.478 e. The van der Waals surface area contributed by atoms with Crippen LogP contribution >= 0.6 is 35.1 Å². The fourth-order valence-corrected chi connectivity index (χ4v) is 7.66. The second-order valence-electron chi connectivity index (χ2n) is 16.8. The number of aromatic carboxylic acids is 1. The first kappa shape index (κ1) is 58.0. The lowest BCUT2D eigenvalue weighted by Gasteiger charge is -2.20. The molecule has 0 aliphatic rings. The van der Waals surface area contributed by atoms with Gasteiger partial charge in [-0.05, 0) is 146 Å². The normalized spacial score (nSPS) is 10.9. The van der Waals surface area contributed by atoms with E-state index in [0.29, 0.717) is 39.2 Å². The van der Waals surface area contributed by atoms with Crippen molar-refractivity contribution >= 4 is 94.2 Å². The number of carbonyl (C=O) groups is 6. The number of esters is 2. The number of hydrogen-bond donors (Lipinski definition) is 5. The number of halogens is 1. The van der Waals surface area contributed by atoms with E-state index in [-0.39, 0.29) is 62.2 Å². The van der Waals surface area contributed by atoms with Gasteiger partial charge in [0.15, 0.2) is 0 Å². The fraction of sp³-hybridized carbons (Fsp3) is 0.208. The summed E-state index contributed by atoms with van der Waals surface area (Å²) in [5, 5.41) is 18.8. The van der Waals surface area contributed by atoms with Crippen LogP contribution in [0, 0.1) is 0 Å². The van der Waals surface area contributed by atoms with Crippen molar-refractivity contribution in [3.63, 3.8) is 0 Å². The molecule has 0 unspecified atom stereocenters. The minimum Gasteiger partial charge on any atom is -0.478 e. The number of thiophene rings is 2. The standard InChI is InChI=1S/C26H26N2O4S.C26H25NO5S.CH4.ClH.H3N/c1-26(2,3)32-24(30)16-18-10-11-19(22-8-5-13-33-22)15-21(18)28-23(29)12-9-17-6-4-7-20(14-17)25(27)31;1-26(2,3)32-24(29)16-18-10-11-19(22-8-5-13-33-22)15-21(18)27-23(28)12-9-17-6-4-7-20(14-17)25(30)31;;;/h4-15H,16H2,1-3H3,(H2,27,31)(H,28,29);4-15H,16H2,1-3H3,(H,27,28)(H,30,31);1H4;1H;1H3/b2*12-9+;;;. The van der Waals surface area contributed by atoms with E-state index in [9.17, 15) is 28.8 Å². The number of rotatable bonds is 14. The first-order valence-corrected chi connectivity index (χ1v) is 22.5. The smallest absolute Gasteiger partial charge is 0.335 e. The van der Waals surface area contributed by atoms with Crippen LogP contribution < -0.4 is 22.5 Å². The Kier molecular flexibility index (Phi) is 22.2. The van der Waals surface area contributed by atoms with Gasteiger partial charge in [-0.25, -0.2) is 4.79 Å². The number of benzene rings is 4. The number of anilines is 2. The van der Waals surface area contributed by atoms with Crippen LogP contribution in [0.4, 0.5) is 11.4 Å². The SMILES string of the molecule is C.CC(C)(C)OC(=O)Cc1ccc(-c2cccs2)cc1NC(=O)/C=C/c1cccc(C(=O)O)c1.CC(C)(C)OC(=O)Cc1ccc(-c2cccs2)cc1NC(=O)/C=C/c1cccc(C(N)=O)c1.Cl.N. The van der Waals surface area contributed by atoms with Crippen molar-refractivity contribution < 1.29 is 43.3 Å². The molecule has 16 heteroatoms. The van der Waals surface area contributed by atoms with Gasteiger partial charge in [0.2, 0.25) is 17.7 Å². The van der Waals surface area contributed by atoms with Gasteiger partial charge in [-0.3, -0.25) is 24.0 Å². The molecule has 0 aliphatic heterocycles. The van der Waals surface area contributed by atoms with Crippen LogP contribution in [0.2, 0.25) is 0 Å². The molecule has 2 heterocycles. The number of primary amides is 1. The number of carboxylic acid groups (broad SMARTS) is 1. The van der Waals surface area contributed by atoms with Gasteiger partial charge in [-0.1, -0.05) is 68.1 Å². The van der Waals surface area contributed by atoms with Crippen molar-refractivity contribution in [3.8, 4) is 20.9 Å². The summed E-state index contributed by atoms with van der Waals surface area (Å²) < 4.78 is 10.9. The summed E-state index contributed by atoms with van der Waals surface area (Å²) in [6, 6.07) is 32.0. The maximum Gasteiger partial charge on any atom is 0.335 e. The molecule has 0 radical (unpaired) electrons. The average Bonchev–Trinajstić information content (AvgIpc) is 3.99. The average molecular weight is 996 g/mol. The number of carboxylic acids is 1. The lowest BCUT2D eigenvalue weighted by atomic mass is 10.0. The topological polar surface area (TPSA) is 226 Å². The van der Waals surface area contributed by atoms with Crippen LogP contribution in [0.15, 0.2) is 132 Å². The number of hydrogen-bond acceptors (Lipinski definition) is 11. The van der Waals surface area contributed by atoms with Gasteiger partial charge >= 0.3 is 17.9 Å². The summed E-state index contributed by atoms with van der Waals surface area (Å²) in [5.41, 5.74) is 10.1. The zero-order chi connectivity index (χ0) is 48.0. The van der Waals surface area contributed by atoms with Gasteiger partial charge in [-0.2, -0.15) is 0 Å². The number of amides is 3. The van der Waals surface area contributed by atoms with E-state index in [1.807, 2.05) is 92.2 Å². The van der Waals surface area contributed by atoms with Crippen molar-refractivity contribution in [1.29, 1.82) is 0 Å². The number of nitrogens with two attached hydrogens (primary N) is 1. The molecule has 0 bridgehead atoms.